The summed E-state index contributed by atoms with van der Waals surface area (Å²) in [6.07, 6.45) is 3.24. The van der Waals surface area contributed by atoms with Crippen molar-refractivity contribution < 1.29 is 4.74 Å². The largest absolute Gasteiger partial charge is 0.385 e. The van der Waals surface area contributed by atoms with E-state index < -0.39 is 0 Å². The van der Waals surface area contributed by atoms with Gasteiger partial charge in [-0.25, -0.2) is 9.50 Å². The number of fused-ring (bicyclic) bond motifs is 1. The first-order valence-electron chi connectivity index (χ1n) is 5.75. The second-order valence-corrected chi connectivity index (χ2v) is 4.18. The van der Waals surface area contributed by atoms with Gasteiger partial charge in [0, 0.05) is 18.8 Å². The van der Waals surface area contributed by atoms with Gasteiger partial charge >= 0.3 is 0 Å². The highest BCUT2D eigenvalue weighted by atomic mass is 16.5. The zero-order valence-electron chi connectivity index (χ0n) is 9.78. The van der Waals surface area contributed by atoms with Crippen molar-refractivity contribution in [2.75, 3.05) is 24.6 Å². The van der Waals surface area contributed by atoms with Gasteiger partial charge in [-0.3, -0.25) is 5.41 Å². The van der Waals surface area contributed by atoms with E-state index in [1.54, 1.807) is 10.7 Å². The van der Waals surface area contributed by atoms with Crippen LogP contribution < -0.4 is 10.6 Å². The number of aromatic nitrogens is 3. The van der Waals surface area contributed by atoms with E-state index in [2.05, 4.69) is 15.0 Å². The van der Waals surface area contributed by atoms with E-state index in [4.69, 9.17) is 15.9 Å². The summed E-state index contributed by atoms with van der Waals surface area (Å²) >= 11 is 0. The fourth-order valence-corrected chi connectivity index (χ4v) is 2.02. The zero-order valence-corrected chi connectivity index (χ0v) is 9.78. The maximum Gasteiger partial charge on any atom is 0.157 e. The second kappa shape index (κ2) is 4.26. The Hall–Kier alpha value is -2.15. The maximum absolute atomic E-state index is 7.44. The van der Waals surface area contributed by atoms with Crippen LogP contribution in [0.15, 0.2) is 24.5 Å². The predicted octanol–water partition coefficient (Wildman–Crippen LogP) is -0.130. The normalized spacial score (nSPS) is 20.2. The van der Waals surface area contributed by atoms with Crippen LogP contribution in [0.5, 0.6) is 0 Å². The van der Waals surface area contributed by atoms with Gasteiger partial charge in [0.2, 0.25) is 0 Å². The second-order valence-electron chi connectivity index (χ2n) is 4.18. The Kier molecular flexibility index (Phi) is 2.60. The van der Waals surface area contributed by atoms with Crippen LogP contribution in [0, 0.1) is 5.41 Å². The molecule has 0 aliphatic carbocycles. The summed E-state index contributed by atoms with van der Waals surface area (Å²) in [6, 6.07) is 3.76. The van der Waals surface area contributed by atoms with Gasteiger partial charge in [0.1, 0.15) is 17.8 Å². The molecule has 1 fully saturated rings. The summed E-state index contributed by atoms with van der Waals surface area (Å²) in [5.74, 6) is 0.919. The molecule has 7 nitrogen and oxygen atoms in total. The lowest BCUT2D eigenvalue weighted by Crippen LogP contribution is -2.48. The number of rotatable bonds is 2. The Morgan fingerprint density at radius 2 is 2.39 bits per heavy atom. The van der Waals surface area contributed by atoms with E-state index in [0.717, 1.165) is 18.0 Å². The fraction of sp³-hybridized carbons (Fsp3) is 0.364. The minimum Gasteiger partial charge on any atom is -0.385 e. The third-order valence-corrected chi connectivity index (χ3v) is 2.98. The Morgan fingerprint density at radius 1 is 1.50 bits per heavy atom. The van der Waals surface area contributed by atoms with Crippen LogP contribution in [-0.2, 0) is 4.74 Å². The number of morpholine rings is 1. The number of hydrogen-bond acceptors (Lipinski definition) is 5. The molecule has 0 aromatic carbocycles. The number of nitrogens with zero attached hydrogens (tertiary/aromatic N) is 4. The minimum absolute atomic E-state index is 0.0603. The van der Waals surface area contributed by atoms with Gasteiger partial charge in [-0.05, 0) is 6.07 Å². The van der Waals surface area contributed by atoms with Crippen LogP contribution in [0.3, 0.4) is 0 Å². The number of nitrogens with one attached hydrogen (secondary N) is 1. The molecule has 1 saturated heterocycles. The number of hydrogen-bond donors (Lipinski definition) is 2. The average Bonchev–Trinajstić information content (AvgIpc) is 2.86. The van der Waals surface area contributed by atoms with Gasteiger partial charge in [-0.15, -0.1) is 0 Å². The highest BCUT2D eigenvalue weighted by molar-refractivity contribution is 5.82. The van der Waals surface area contributed by atoms with Crippen molar-refractivity contribution in [2.24, 2.45) is 5.73 Å². The Labute approximate surface area is 104 Å². The monoisotopic (exact) mass is 246 g/mol. The predicted molar refractivity (Wildman–Crippen MR) is 66.9 cm³/mol. The standard InChI is InChI=1S/C11H14N6O/c12-11(13)8-7-16(5-6-18-8)9-2-4-17-10(15-9)1-3-14-17/h1-4,8H,5-7H2,(H3,12,13). The number of nitrogens with two attached hydrogens (primary N) is 1. The van der Waals surface area contributed by atoms with E-state index in [1.807, 2.05) is 18.3 Å². The molecule has 7 heteroatoms. The zero-order chi connectivity index (χ0) is 12.5. The van der Waals surface area contributed by atoms with E-state index in [-0.39, 0.29) is 11.9 Å². The quantitative estimate of drug-likeness (QED) is 0.569. The van der Waals surface area contributed by atoms with E-state index >= 15 is 0 Å². The first-order chi connectivity index (χ1) is 8.74. The van der Waals surface area contributed by atoms with Crippen LogP contribution in [0.25, 0.3) is 5.65 Å². The molecule has 2 aromatic heterocycles. The lowest BCUT2D eigenvalue weighted by Gasteiger charge is -2.33. The fourth-order valence-electron chi connectivity index (χ4n) is 2.02. The molecule has 3 rings (SSSR count). The summed E-state index contributed by atoms with van der Waals surface area (Å²) in [4.78, 5) is 6.58. The van der Waals surface area contributed by atoms with Crippen molar-refractivity contribution >= 4 is 17.3 Å². The van der Waals surface area contributed by atoms with Gasteiger partial charge in [0.05, 0.1) is 19.3 Å². The number of ether oxygens (including phenoxy) is 1. The number of amidine groups is 1. The Balaban J connectivity index is 1.86. The van der Waals surface area contributed by atoms with Crippen LogP contribution in [0.1, 0.15) is 0 Å². The highest BCUT2D eigenvalue weighted by Crippen LogP contribution is 2.15. The van der Waals surface area contributed by atoms with Crippen LogP contribution >= 0.6 is 0 Å². The van der Waals surface area contributed by atoms with Gasteiger partial charge < -0.3 is 15.4 Å². The first-order valence-corrected chi connectivity index (χ1v) is 5.75. The molecule has 3 heterocycles. The molecule has 18 heavy (non-hydrogen) atoms. The highest BCUT2D eigenvalue weighted by Gasteiger charge is 2.23. The third kappa shape index (κ3) is 1.88. The van der Waals surface area contributed by atoms with Crippen molar-refractivity contribution in [2.45, 2.75) is 6.10 Å². The number of anilines is 1. The molecule has 2 aromatic rings. The molecule has 1 unspecified atom stereocenters. The van der Waals surface area contributed by atoms with Crippen molar-refractivity contribution in [1.29, 1.82) is 5.41 Å². The molecule has 0 saturated carbocycles. The van der Waals surface area contributed by atoms with Gasteiger partial charge in [0.25, 0.3) is 0 Å². The van der Waals surface area contributed by atoms with E-state index in [0.29, 0.717) is 13.2 Å². The van der Waals surface area contributed by atoms with Crippen molar-refractivity contribution in [3.8, 4) is 0 Å². The molecule has 0 amide bonds. The van der Waals surface area contributed by atoms with Crippen molar-refractivity contribution in [1.82, 2.24) is 14.6 Å². The van der Waals surface area contributed by atoms with Crippen LogP contribution in [0.2, 0.25) is 0 Å². The lowest BCUT2D eigenvalue weighted by molar-refractivity contribution is 0.0823. The van der Waals surface area contributed by atoms with E-state index in [9.17, 15) is 0 Å². The lowest BCUT2D eigenvalue weighted by atomic mass is 10.2. The smallest absolute Gasteiger partial charge is 0.157 e. The molecule has 1 aliphatic heterocycles. The molecule has 0 radical (unpaired) electrons. The summed E-state index contributed by atoms with van der Waals surface area (Å²) in [7, 11) is 0. The van der Waals surface area contributed by atoms with Crippen molar-refractivity contribution in [3.05, 3.63) is 24.5 Å². The maximum atomic E-state index is 7.44. The van der Waals surface area contributed by atoms with E-state index in [1.165, 1.54) is 0 Å². The molecule has 3 N–H and O–H groups in total. The van der Waals surface area contributed by atoms with Gasteiger partial charge in [-0.1, -0.05) is 0 Å². The summed E-state index contributed by atoms with van der Waals surface area (Å²) < 4.78 is 7.14. The Morgan fingerprint density at radius 3 is 3.22 bits per heavy atom. The summed E-state index contributed by atoms with van der Waals surface area (Å²) in [5.41, 5.74) is 6.28. The molecule has 1 atom stereocenters. The molecule has 1 aliphatic rings. The van der Waals surface area contributed by atoms with Crippen molar-refractivity contribution in [3.63, 3.8) is 0 Å². The summed E-state index contributed by atoms with van der Waals surface area (Å²) in [5, 5.41) is 11.5. The topological polar surface area (TPSA) is 92.5 Å². The molecular weight excluding hydrogens is 232 g/mol. The van der Waals surface area contributed by atoms with Crippen LogP contribution in [-0.4, -0.2) is 46.2 Å². The average molecular weight is 246 g/mol. The third-order valence-electron chi connectivity index (χ3n) is 2.98. The molecular formula is C11H14N6O. The minimum atomic E-state index is -0.346. The van der Waals surface area contributed by atoms with Crippen LogP contribution in [0.4, 0.5) is 5.82 Å². The van der Waals surface area contributed by atoms with Gasteiger partial charge in [-0.2, -0.15) is 5.10 Å². The molecule has 0 bridgehead atoms. The SMILES string of the molecule is N=C(N)C1CN(c2ccn3nccc3n2)CCO1. The molecule has 94 valence electrons. The molecule has 0 spiro atoms. The first kappa shape index (κ1) is 11.0. The Bertz CT molecular complexity index is 580. The summed E-state index contributed by atoms with van der Waals surface area (Å²) in [6.45, 7) is 1.87. The van der Waals surface area contributed by atoms with Gasteiger partial charge in [0.15, 0.2) is 5.65 Å².